The van der Waals surface area contributed by atoms with E-state index in [-0.39, 0.29) is 5.82 Å². The first kappa shape index (κ1) is 10.8. The molecule has 5 nitrogen and oxygen atoms in total. The Labute approximate surface area is 83.3 Å². The number of hydrogen-bond donors (Lipinski definition) is 2. The van der Waals surface area contributed by atoms with Gasteiger partial charge in [-0.3, -0.25) is 4.79 Å². The number of anilines is 1. The molecule has 0 saturated heterocycles. The number of carbonyl (C=O) groups is 1. The van der Waals surface area contributed by atoms with Gasteiger partial charge in [0.15, 0.2) is 0 Å². The molecule has 1 rings (SSSR count). The van der Waals surface area contributed by atoms with Crippen molar-refractivity contribution in [1.82, 2.24) is 4.98 Å². The number of hydrogen-bond acceptors (Lipinski definition) is 4. The van der Waals surface area contributed by atoms with Crippen LogP contribution in [-0.4, -0.2) is 10.9 Å². The fourth-order valence-electron chi connectivity index (χ4n) is 1.08. The molecule has 15 heavy (non-hydrogen) atoms. The lowest BCUT2D eigenvalue weighted by molar-refractivity contribution is 0.0985. The molecule has 1 aromatic rings. The van der Waals surface area contributed by atoms with Crippen molar-refractivity contribution in [3.8, 4) is 6.07 Å². The Morgan fingerprint density at radius 3 is 2.60 bits per heavy atom. The zero-order valence-electron chi connectivity index (χ0n) is 7.37. The number of aromatic nitrogens is 1. The summed E-state index contributed by atoms with van der Waals surface area (Å²) >= 11 is 0. The second kappa shape index (κ2) is 3.88. The van der Waals surface area contributed by atoms with Gasteiger partial charge in [0.1, 0.15) is 17.5 Å². The molecule has 78 valence electrons. The minimum atomic E-state index is -3.01. The number of nitriles is 1. The number of amides is 1. The summed E-state index contributed by atoms with van der Waals surface area (Å²) in [5.41, 5.74) is 8.31. The zero-order chi connectivity index (χ0) is 11.6. The lowest BCUT2D eigenvalue weighted by Gasteiger charge is -2.08. The first-order valence-corrected chi connectivity index (χ1v) is 3.75. The summed E-state index contributed by atoms with van der Waals surface area (Å²) in [5, 5.41) is 8.60. The molecule has 0 unspecified atom stereocenters. The van der Waals surface area contributed by atoms with E-state index in [2.05, 4.69) is 4.98 Å². The molecule has 7 heteroatoms. The van der Waals surface area contributed by atoms with E-state index in [9.17, 15) is 13.6 Å². The Morgan fingerprint density at radius 1 is 1.60 bits per heavy atom. The minimum absolute atomic E-state index is 0.349. The van der Waals surface area contributed by atoms with Crippen molar-refractivity contribution < 1.29 is 13.6 Å². The van der Waals surface area contributed by atoms with Crippen LogP contribution in [0, 0.1) is 11.3 Å². The highest BCUT2D eigenvalue weighted by Gasteiger charge is 2.23. The number of alkyl halides is 2. The second-order valence-electron chi connectivity index (χ2n) is 2.62. The van der Waals surface area contributed by atoms with Crippen molar-refractivity contribution >= 4 is 11.7 Å². The summed E-state index contributed by atoms with van der Waals surface area (Å²) in [5.74, 6) is -1.42. The van der Waals surface area contributed by atoms with E-state index in [0.29, 0.717) is 0 Å². The normalized spacial score (nSPS) is 10.0. The van der Waals surface area contributed by atoms with Crippen LogP contribution in [0.4, 0.5) is 14.6 Å². The Hall–Kier alpha value is -2.23. The number of primary amides is 1. The molecule has 0 spiro atoms. The molecule has 0 aliphatic carbocycles. The number of nitrogens with zero attached hydrogens (tertiary/aromatic N) is 2. The van der Waals surface area contributed by atoms with Gasteiger partial charge in [-0.05, 0) is 0 Å². The molecule has 0 aliphatic heterocycles. The average molecular weight is 212 g/mol. The van der Waals surface area contributed by atoms with Crippen LogP contribution in [0.15, 0.2) is 6.20 Å². The number of rotatable bonds is 2. The van der Waals surface area contributed by atoms with E-state index in [1.54, 1.807) is 0 Å². The maximum Gasteiger partial charge on any atom is 0.266 e. The number of nitrogen functional groups attached to an aromatic ring is 1. The van der Waals surface area contributed by atoms with Gasteiger partial charge in [-0.15, -0.1) is 0 Å². The molecular weight excluding hydrogens is 206 g/mol. The van der Waals surface area contributed by atoms with Crippen molar-refractivity contribution in [3.05, 3.63) is 22.9 Å². The Bertz CT molecular complexity index is 453. The second-order valence-corrected chi connectivity index (χ2v) is 2.62. The van der Waals surface area contributed by atoms with Gasteiger partial charge in [-0.1, -0.05) is 0 Å². The summed E-state index contributed by atoms with van der Waals surface area (Å²) in [6.07, 6.45) is -2.17. The molecule has 0 aliphatic rings. The van der Waals surface area contributed by atoms with E-state index >= 15 is 0 Å². The molecule has 0 saturated carbocycles. The molecular formula is C8H6F2N4O. The molecule has 0 fully saturated rings. The van der Waals surface area contributed by atoms with Crippen LogP contribution in [0.2, 0.25) is 0 Å². The molecule has 1 heterocycles. The van der Waals surface area contributed by atoms with Gasteiger partial charge in [-0.2, -0.15) is 5.26 Å². The number of halogens is 2. The summed E-state index contributed by atoms with van der Waals surface area (Å²) in [6, 6.07) is 1.47. The van der Waals surface area contributed by atoms with Crippen LogP contribution >= 0.6 is 0 Å². The molecule has 0 aromatic carbocycles. The highest BCUT2D eigenvalue weighted by atomic mass is 19.3. The van der Waals surface area contributed by atoms with E-state index in [1.165, 1.54) is 6.07 Å². The molecule has 0 atom stereocenters. The van der Waals surface area contributed by atoms with Crippen molar-refractivity contribution in [2.24, 2.45) is 5.73 Å². The van der Waals surface area contributed by atoms with Crippen molar-refractivity contribution in [3.63, 3.8) is 0 Å². The predicted octanol–water partition coefficient (Wildman–Crippen LogP) is 0.572. The third-order valence-corrected chi connectivity index (χ3v) is 1.74. The first-order valence-electron chi connectivity index (χ1n) is 3.75. The van der Waals surface area contributed by atoms with Gasteiger partial charge >= 0.3 is 0 Å². The number of nitrogens with two attached hydrogens (primary N) is 2. The summed E-state index contributed by atoms with van der Waals surface area (Å²) < 4.78 is 25.1. The molecule has 1 amide bonds. The Morgan fingerprint density at radius 2 is 2.20 bits per heavy atom. The fourth-order valence-corrected chi connectivity index (χ4v) is 1.08. The van der Waals surface area contributed by atoms with Gasteiger partial charge < -0.3 is 11.5 Å². The summed E-state index contributed by atoms with van der Waals surface area (Å²) in [4.78, 5) is 14.2. The highest BCUT2D eigenvalue weighted by Crippen LogP contribution is 2.28. The smallest absolute Gasteiger partial charge is 0.266 e. The first-order chi connectivity index (χ1) is 6.99. The van der Waals surface area contributed by atoms with Crippen molar-refractivity contribution in [2.45, 2.75) is 6.43 Å². The minimum Gasteiger partial charge on any atom is -0.383 e. The van der Waals surface area contributed by atoms with Crippen LogP contribution < -0.4 is 11.5 Å². The fraction of sp³-hybridized carbons (Fsp3) is 0.125. The number of pyridine rings is 1. The van der Waals surface area contributed by atoms with Gasteiger partial charge in [0.2, 0.25) is 0 Å². The van der Waals surface area contributed by atoms with E-state index < -0.39 is 29.0 Å². The van der Waals surface area contributed by atoms with Crippen LogP contribution in [0.3, 0.4) is 0 Å². The summed E-state index contributed by atoms with van der Waals surface area (Å²) in [7, 11) is 0. The number of carbonyl (C=O) groups excluding carboxylic acids is 1. The third-order valence-electron chi connectivity index (χ3n) is 1.74. The standard InChI is InChI=1S/C8H6F2N4O/c9-6(10)5-3(1-11)7(12)14-2-4(5)8(13)15/h2,6H,(H2,12,14)(H2,13,15). The van der Waals surface area contributed by atoms with Crippen LogP contribution in [-0.2, 0) is 0 Å². The zero-order valence-corrected chi connectivity index (χ0v) is 7.37. The monoisotopic (exact) mass is 212 g/mol. The lowest BCUT2D eigenvalue weighted by atomic mass is 10.0. The Kier molecular flexibility index (Phi) is 2.80. The van der Waals surface area contributed by atoms with E-state index in [4.69, 9.17) is 16.7 Å². The van der Waals surface area contributed by atoms with Crippen molar-refractivity contribution in [2.75, 3.05) is 5.73 Å². The van der Waals surface area contributed by atoms with Crippen LogP contribution in [0.5, 0.6) is 0 Å². The lowest BCUT2D eigenvalue weighted by Crippen LogP contribution is -2.16. The molecule has 4 N–H and O–H groups in total. The maximum atomic E-state index is 12.6. The predicted molar refractivity (Wildman–Crippen MR) is 46.8 cm³/mol. The van der Waals surface area contributed by atoms with Crippen LogP contribution in [0.25, 0.3) is 0 Å². The van der Waals surface area contributed by atoms with Gasteiger partial charge in [0.05, 0.1) is 11.1 Å². The SMILES string of the molecule is N#Cc1c(N)ncc(C(N)=O)c1C(F)F. The topological polar surface area (TPSA) is 106 Å². The quantitative estimate of drug-likeness (QED) is 0.747. The van der Waals surface area contributed by atoms with Gasteiger partial charge in [-0.25, -0.2) is 13.8 Å². The van der Waals surface area contributed by atoms with E-state index in [0.717, 1.165) is 6.20 Å². The Balaban J connectivity index is 3.58. The van der Waals surface area contributed by atoms with Crippen molar-refractivity contribution in [1.29, 1.82) is 5.26 Å². The molecule has 0 bridgehead atoms. The molecule has 1 aromatic heterocycles. The highest BCUT2D eigenvalue weighted by molar-refractivity contribution is 5.95. The summed E-state index contributed by atoms with van der Waals surface area (Å²) in [6.45, 7) is 0. The largest absolute Gasteiger partial charge is 0.383 e. The maximum absolute atomic E-state index is 12.6. The van der Waals surface area contributed by atoms with E-state index in [1.807, 2.05) is 0 Å². The van der Waals surface area contributed by atoms with Crippen LogP contribution in [0.1, 0.15) is 27.9 Å². The average Bonchev–Trinajstić information content (AvgIpc) is 2.16. The van der Waals surface area contributed by atoms with Gasteiger partial charge in [0, 0.05) is 6.20 Å². The third kappa shape index (κ3) is 1.83. The van der Waals surface area contributed by atoms with Gasteiger partial charge in [0.25, 0.3) is 12.3 Å². The molecule has 0 radical (unpaired) electrons.